The summed E-state index contributed by atoms with van der Waals surface area (Å²) in [6.45, 7) is 3.45. The van der Waals surface area contributed by atoms with Crippen molar-refractivity contribution in [1.82, 2.24) is 9.80 Å². The molecular weight excluding hydrogens is 360 g/mol. The van der Waals surface area contributed by atoms with E-state index < -0.39 is 0 Å². The summed E-state index contributed by atoms with van der Waals surface area (Å²) < 4.78 is 0. The first-order valence-electron chi connectivity index (χ1n) is 10.6. The average molecular weight is 391 g/mol. The van der Waals surface area contributed by atoms with Gasteiger partial charge in [0.15, 0.2) is 5.96 Å². The average Bonchev–Trinajstić information content (AvgIpc) is 2.74. The van der Waals surface area contributed by atoms with Crippen molar-refractivity contribution in [2.75, 3.05) is 7.05 Å². The number of benzene rings is 2. The molecule has 0 saturated heterocycles. The molecule has 1 saturated carbocycles. The summed E-state index contributed by atoms with van der Waals surface area (Å²) in [5.41, 5.74) is 11.4. The lowest BCUT2D eigenvalue weighted by molar-refractivity contribution is 0.0696. The summed E-state index contributed by atoms with van der Waals surface area (Å²) in [5, 5.41) is 0. The Labute approximate surface area is 173 Å². The summed E-state index contributed by atoms with van der Waals surface area (Å²) in [4.78, 5) is 21.6. The number of amides is 1. The lowest BCUT2D eigenvalue weighted by atomic mass is 9.94. The van der Waals surface area contributed by atoms with Crippen LogP contribution in [-0.4, -0.2) is 34.8 Å². The van der Waals surface area contributed by atoms with Gasteiger partial charge in [-0.25, -0.2) is 4.99 Å². The number of aryl methyl sites for hydroxylation is 1. The van der Waals surface area contributed by atoms with Crippen LogP contribution >= 0.6 is 0 Å². The highest BCUT2D eigenvalue weighted by Gasteiger charge is 2.23. The number of hydrogen-bond donors (Lipinski definition) is 1. The molecular formula is C24H30N4O. The molecule has 2 aromatic rings. The summed E-state index contributed by atoms with van der Waals surface area (Å²) in [6.07, 6.45) is 5.95. The van der Waals surface area contributed by atoms with Crippen LogP contribution in [0, 0.1) is 6.92 Å². The number of aliphatic imine (C=N–C) groups is 1. The van der Waals surface area contributed by atoms with Crippen LogP contribution in [0.1, 0.15) is 59.2 Å². The smallest absolute Gasteiger partial charge is 0.253 e. The van der Waals surface area contributed by atoms with Crippen molar-refractivity contribution in [1.29, 1.82) is 0 Å². The van der Waals surface area contributed by atoms with Crippen molar-refractivity contribution in [2.45, 2.75) is 58.2 Å². The lowest BCUT2D eigenvalue weighted by Crippen LogP contribution is -2.39. The van der Waals surface area contributed by atoms with E-state index >= 15 is 0 Å². The minimum absolute atomic E-state index is 0.111. The number of carbonyl (C=O) groups excluding carboxylic acids is 1. The predicted molar refractivity (Wildman–Crippen MR) is 117 cm³/mol. The first-order chi connectivity index (χ1) is 14.0. The molecule has 5 heteroatoms. The van der Waals surface area contributed by atoms with Gasteiger partial charge in [-0.2, -0.15) is 0 Å². The van der Waals surface area contributed by atoms with E-state index in [9.17, 15) is 4.79 Å². The highest BCUT2D eigenvalue weighted by Crippen LogP contribution is 2.27. The van der Waals surface area contributed by atoms with E-state index in [1.54, 1.807) is 0 Å². The highest BCUT2D eigenvalue weighted by atomic mass is 16.2. The Hall–Kier alpha value is -2.82. The maximum Gasteiger partial charge on any atom is 0.253 e. The van der Waals surface area contributed by atoms with Gasteiger partial charge in [-0.15, -0.1) is 0 Å². The lowest BCUT2D eigenvalue weighted by Gasteiger charge is -2.31. The Morgan fingerprint density at radius 3 is 2.76 bits per heavy atom. The summed E-state index contributed by atoms with van der Waals surface area (Å²) in [5.74, 6) is 0.636. The number of nitrogens with two attached hydrogens (primary N) is 1. The Balaban J connectivity index is 1.48. The molecule has 29 heavy (non-hydrogen) atoms. The normalized spacial score (nSPS) is 16.9. The molecule has 1 aliphatic heterocycles. The molecule has 4 rings (SSSR count). The van der Waals surface area contributed by atoms with Gasteiger partial charge >= 0.3 is 0 Å². The van der Waals surface area contributed by atoms with Gasteiger partial charge in [0.1, 0.15) is 0 Å². The number of guanidine groups is 1. The van der Waals surface area contributed by atoms with Crippen LogP contribution in [0.15, 0.2) is 47.5 Å². The van der Waals surface area contributed by atoms with Crippen LogP contribution < -0.4 is 5.73 Å². The molecule has 0 unspecified atom stereocenters. The predicted octanol–water partition coefficient (Wildman–Crippen LogP) is 4.36. The second-order valence-corrected chi connectivity index (χ2v) is 8.37. The van der Waals surface area contributed by atoms with E-state index in [-0.39, 0.29) is 5.91 Å². The number of hydrogen-bond acceptors (Lipinski definition) is 4. The van der Waals surface area contributed by atoms with Crippen molar-refractivity contribution < 1.29 is 4.79 Å². The molecule has 1 aliphatic carbocycles. The topological polar surface area (TPSA) is 61.9 Å². The summed E-state index contributed by atoms with van der Waals surface area (Å²) in [7, 11) is 1.94. The zero-order valence-corrected chi connectivity index (χ0v) is 17.4. The van der Waals surface area contributed by atoms with E-state index in [2.05, 4.69) is 35.0 Å². The molecule has 2 aliphatic rings. The first kappa shape index (κ1) is 19.5. The zero-order valence-electron chi connectivity index (χ0n) is 17.4. The number of rotatable bonds is 4. The first-order valence-corrected chi connectivity index (χ1v) is 10.6. The molecule has 0 spiro atoms. The highest BCUT2D eigenvalue weighted by molar-refractivity contribution is 5.94. The number of carbonyl (C=O) groups is 1. The van der Waals surface area contributed by atoms with Gasteiger partial charge in [0.25, 0.3) is 5.91 Å². The Morgan fingerprint density at radius 2 is 1.97 bits per heavy atom. The van der Waals surface area contributed by atoms with Crippen LogP contribution in [0.25, 0.3) is 0 Å². The maximum absolute atomic E-state index is 13.0. The van der Waals surface area contributed by atoms with E-state index in [0.29, 0.717) is 18.5 Å². The monoisotopic (exact) mass is 390 g/mol. The van der Waals surface area contributed by atoms with Gasteiger partial charge in [-0.05, 0) is 49.1 Å². The largest absolute Gasteiger partial charge is 0.369 e. The van der Waals surface area contributed by atoms with E-state index in [1.165, 1.54) is 30.4 Å². The zero-order chi connectivity index (χ0) is 20.4. The van der Waals surface area contributed by atoms with Crippen molar-refractivity contribution in [2.24, 2.45) is 10.7 Å². The molecule has 5 nitrogen and oxygen atoms in total. The molecule has 0 aromatic heterocycles. The van der Waals surface area contributed by atoms with Gasteiger partial charge in [-0.1, -0.05) is 49.1 Å². The molecule has 0 atom stereocenters. The third-order valence-corrected chi connectivity index (χ3v) is 6.15. The number of nitrogens with zero attached hydrogens (tertiary/aromatic N) is 3. The van der Waals surface area contributed by atoms with Crippen LogP contribution in [0.5, 0.6) is 0 Å². The van der Waals surface area contributed by atoms with Gasteiger partial charge in [-0.3, -0.25) is 4.79 Å². The minimum atomic E-state index is 0.111. The van der Waals surface area contributed by atoms with Crippen molar-refractivity contribution >= 4 is 17.6 Å². The Kier molecular flexibility index (Phi) is 5.56. The van der Waals surface area contributed by atoms with Crippen LogP contribution in [0.2, 0.25) is 0 Å². The molecule has 1 heterocycles. The van der Waals surface area contributed by atoms with Gasteiger partial charge in [0, 0.05) is 31.7 Å². The van der Waals surface area contributed by atoms with Crippen LogP contribution in [0.4, 0.5) is 5.69 Å². The third-order valence-electron chi connectivity index (χ3n) is 6.15. The van der Waals surface area contributed by atoms with Crippen LogP contribution in [-0.2, 0) is 13.1 Å². The Bertz CT molecular complexity index is 930. The van der Waals surface area contributed by atoms with Crippen LogP contribution in [0.3, 0.4) is 0 Å². The van der Waals surface area contributed by atoms with E-state index in [4.69, 9.17) is 5.73 Å². The van der Waals surface area contributed by atoms with Crippen molar-refractivity contribution in [3.8, 4) is 0 Å². The SMILES string of the molecule is Cc1ccc2c(c1)CN(Cc1cccc(C(=O)N(C)C3CCCCC3)c1)C(N)=N2. The molecule has 0 radical (unpaired) electrons. The molecule has 1 fully saturated rings. The molecule has 152 valence electrons. The fourth-order valence-corrected chi connectivity index (χ4v) is 4.43. The molecule has 1 amide bonds. The van der Waals surface area contributed by atoms with E-state index in [0.717, 1.165) is 36.2 Å². The molecule has 0 bridgehead atoms. The van der Waals surface area contributed by atoms with Crippen molar-refractivity contribution in [3.63, 3.8) is 0 Å². The van der Waals surface area contributed by atoms with Gasteiger partial charge in [0.2, 0.25) is 0 Å². The second kappa shape index (κ2) is 8.27. The summed E-state index contributed by atoms with van der Waals surface area (Å²) >= 11 is 0. The minimum Gasteiger partial charge on any atom is -0.369 e. The third kappa shape index (κ3) is 4.29. The van der Waals surface area contributed by atoms with Gasteiger partial charge in [0.05, 0.1) is 5.69 Å². The standard InChI is InChI=1S/C24H30N4O/c1-17-11-12-22-20(13-17)16-28(24(25)26-22)15-18-7-6-8-19(14-18)23(29)27(2)21-9-4-3-5-10-21/h6-8,11-14,21H,3-5,9-10,15-16H2,1-2H3,(H2,25,26). The van der Waals surface area contributed by atoms with Gasteiger partial charge < -0.3 is 15.5 Å². The molecule has 2 N–H and O–H groups in total. The summed E-state index contributed by atoms with van der Waals surface area (Å²) in [6, 6.07) is 14.5. The van der Waals surface area contributed by atoms with Crippen molar-refractivity contribution in [3.05, 3.63) is 64.7 Å². The molecule has 2 aromatic carbocycles. The van der Waals surface area contributed by atoms with E-state index in [1.807, 2.05) is 36.2 Å². The second-order valence-electron chi connectivity index (χ2n) is 8.37. The fraction of sp³-hybridized carbons (Fsp3) is 0.417. The fourth-order valence-electron chi connectivity index (χ4n) is 4.43. The Morgan fingerprint density at radius 1 is 1.17 bits per heavy atom. The quantitative estimate of drug-likeness (QED) is 0.844. The number of fused-ring (bicyclic) bond motifs is 1. The maximum atomic E-state index is 13.0.